The van der Waals surface area contributed by atoms with Crippen LogP contribution in [0.4, 0.5) is 0 Å². The number of rotatable bonds is 3. The smallest absolute Gasteiger partial charge is 0.0569 e. The van der Waals surface area contributed by atoms with E-state index in [0.717, 1.165) is 19.4 Å². The molecule has 0 saturated heterocycles. The van der Waals surface area contributed by atoms with Crippen LogP contribution in [-0.2, 0) is 0 Å². The molecule has 0 aromatic rings. The first kappa shape index (κ1) is 7.65. The molecular formula is C4H11IN2. The highest BCUT2D eigenvalue weighted by molar-refractivity contribution is 14.1. The average Bonchev–Trinajstić information content (AvgIpc) is 1.61. The second kappa shape index (κ2) is 4.80. The van der Waals surface area contributed by atoms with E-state index in [1.165, 1.54) is 0 Å². The Balaban J connectivity index is 2.68. The fourth-order valence-electron chi connectivity index (χ4n) is 0.313. The van der Waals surface area contributed by atoms with E-state index in [-0.39, 0.29) is 0 Å². The zero-order chi connectivity index (χ0) is 5.70. The highest BCUT2D eigenvalue weighted by atomic mass is 127. The Morgan fingerprint density at radius 3 is 2.29 bits per heavy atom. The molecule has 0 saturated carbocycles. The Hall–Kier alpha value is 0.650. The maximum absolute atomic E-state index is 5.41. The molecule has 2 nitrogen and oxygen atoms in total. The predicted molar refractivity (Wildman–Crippen MR) is 40.3 cm³/mol. The molecule has 3 heteroatoms. The van der Waals surface area contributed by atoms with E-state index in [1.54, 1.807) is 0 Å². The van der Waals surface area contributed by atoms with Gasteiger partial charge in [-0.3, -0.25) is 0 Å². The van der Waals surface area contributed by atoms with Crippen LogP contribution in [0, 0.1) is 0 Å². The Labute approximate surface area is 57.8 Å². The molecule has 0 rings (SSSR count). The van der Waals surface area contributed by atoms with E-state index < -0.39 is 0 Å². The summed E-state index contributed by atoms with van der Waals surface area (Å²) in [6, 6.07) is 0. The van der Waals surface area contributed by atoms with Gasteiger partial charge in [0.1, 0.15) is 0 Å². The number of hydrogen-bond acceptors (Lipinski definition) is 2. The van der Waals surface area contributed by atoms with Crippen LogP contribution in [0.15, 0.2) is 0 Å². The van der Waals surface area contributed by atoms with Gasteiger partial charge in [-0.25, -0.2) is 0 Å². The molecule has 0 aromatic heterocycles. The molecule has 0 spiro atoms. The Bertz CT molecular complexity index is 38.7. The SMILES string of the molecule is NCCCC(N)I. The molecule has 0 amide bonds. The summed E-state index contributed by atoms with van der Waals surface area (Å²) in [7, 11) is 0. The van der Waals surface area contributed by atoms with Gasteiger partial charge in [-0.1, -0.05) is 22.6 Å². The maximum Gasteiger partial charge on any atom is 0.0569 e. The molecule has 7 heavy (non-hydrogen) atoms. The minimum absolute atomic E-state index is 0.293. The molecule has 0 aliphatic rings. The topological polar surface area (TPSA) is 52.0 Å². The average molecular weight is 214 g/mol. The number of hydrogen-bond donors (Lipinski definition) is 2. The van der Waals surface area contributed by atoms with Crippen molar-refractivity contribution in [2.75, 3.05) is 6.54 Å². The number of halogens is 1. The Morgan fingerprint density at radius 2 is 2.14 bits per heavy atom. The van der Waals surface area contributed by atoms with Crippen molar-refractivity contribution in [3.8, 4) is 0 Å². The van der Waals surface area contributed by atoms with Crippen molar-refractivity contribution in [3.05, 3.63) is 0 Å². The fourth-order valence-corrected chi connectivity index (χ4v) is 0.753. The first-order valence-corrected chi connectivity index (χ1v) is 3.61. The molecule has 0 aromatic carbocycles. The van der Waals surface area contributed by atoms with Crippen molar-refractivity contribution >= 4 is 22.6 Å². The summed E-state index contributed by atoms with van der Waals surface area (Å²) in [5.41, 5.74) is 10.6. The molecule has 0 fully saturated rings. The molecule has 0 aliphatic carbocycles. The summed E-state index contributed by atoms with van der Waals surface area (Å²) in [5, 5.41) is 0. The van der Waals surface area contributed by atoms with E-state index in [9.17, 15) is 0 Å². The van der Waals surface area contributed by atoms with Crippen LogP contribution in [0.25, 0.3) is 0 Å². The third-order valence-corrected chi connectivity index (χ3v) is 1.31. The lowest BCUT2D eigenvalue weighted by Gasteiger charge is -1.97. The van der Waals surface area contributed by atoms with Crippen LogP contribution in [0.3, 0.4) is 0 Å². The first-order valence-electron chi connectivity index (χ1n) is 2.37. The zero-order valence-corrected chi connectivity index (χ0v) is 6.39. The largest absolute Gasteiger partial charge is 0.330 e. The standard InChI is InChI=1S/C4H11IN2/c5-4(7)2-1-3-6/h4H,1-3,6-7H2. The molecule has 0 bridgehead atoms. The lowest BCUT2D eigenvalue weighted by Crippen LogP contribution is -2.12. The van der Waals surface area contributed by atoms with Crippen LogP contribution >= 0.6 is 22.6 Å². The van der Waals surface area contributed by atoms with E-state index in [0.29, 0.717) is 4.05 Å². The third-order valence-electron chi connectivity index (χ3n) is 0.684. The predicted octanol–water partition coefficient (Wildman–Crippen LogP) is 0.445. The Morgan fingerprint density at radius 1 is 1.57 bits per heavy atom. The second-order valence-corrected chi connectivity index (χ2v) is 3.05. The van der Waals surface area contributed by atoms with E-state index in [1.807, 2.05) is 0 Å². The highest BCUT2D eigenvalue weighted by Crippen LogP contribution is 1.98. The van der Waals surface area contributed by atoms with E-state index >= 15 is 0 Å². The van der Waals surface area contributed by atoms with Gasteiger partial charge in [0.2, 0.25) is 0 Å². The summed E-state index contributed by atoms with van der Waals surface area (Å²) in [5.74, 6) is 0. The minimum atomic E-state index is 0.293. The van der Waals surface area contributed by atoms with Gasteiger partial charge >= 0.3 is 0 Å². The quantitative estimate of drug-likeness (QED) is 0.407. The molecule has 0 radical (unpaired) electrons. The van der Waals surface area contributed by atoms with Gasteiger partial charge in [0.25, 0.3) is 0 Å². The van der Waals surface area contributed by atoms with Crippen LogP contribution in [0.5, 0.6) is 0 Å². The zero-order valence-electron chi connectivity index (χ0n) is 4.23. The molecule has 1 unspecified atom stereocenters. The van der Waals surface area contributed by atoms with Gasteiger partial charge in [0.15, 0.2) is 0 Å². The van der Waals surface area contributed by atoms with Crippen LogP contribution < -0.4 is 11.5 Å². The third kappa shape index (κ3) is 6.65. The highest BCUT2D eigenvalue weighted by Gasteiger charge is 1.90. The van der Waals surface area contributed by atoms with E-state index in [4.69, 9.17) is 11.5 Å². The van der Waals surface area contributed by atoms with Crippen molar-refractivity contribution in [2.45, 2.75) is 16.9 Å². The molecule has 1 atom stereocenters. The van der Waals surface area contributed by atoms with Crippen LogP contribution in [0.2, 0.25) is 0 Å². The normalized spacial score (nSPS) is 14.1. The van der Waals surface area contributed by atoms with Gasteiger partial charge in [0, 0.05) is 0 Å². The molecule has 0 heterocycles. The van der Waals surface area contributed by atoms with Gasteiger partial charge in [-0.2, -0.15) is 0 Å². The van der Waals surface area contributed by atoms with Gasteiger partial charge < -0.3 is 11.5 Å². The molecule has 4 N–H and O–H groups in total. The molecule has 0 aliphatic heterocycles. The lowest BCUT2D eigenvalue weighted by atomic mass is 10.3. The lowest BCUT2D eigenvalue weighted by molar-refractivity contribution is 0.739. The van der Waals surface area contributed by atoms with Gasteiger partial charge in [-0.15, -0.1) is 0 Å². The first-order chi connectivity index (χ1) is 3.27. The van der Waals surface area contributed by atoms with Crippen molar-refractivity contribution in [3.63, 3.8) is 0 Å². The molecular weight excluding hydrogens is 203 g/mol. The maximum atomic E-state index is 5.41. The summed E-state index contributed by atoms with van der Waals surface area (Å²) < 4.78 is 0.293. The van der Waals surface area contributed by atoms with Crippen LogP contribution in [0.1, 0.15) is 12.8 Å². The minimum Gasteiger partial charge on any atom is -0.330 e. The monoisotopic (exact) mass is 214 g/mol. The molecule has 44 valence electrons. The summed E-state index contributed by atoms with van der Waals surface area (Å²) in [6.07, 6.45) is 2.08. The van der Waals surface area contributed by atoms with Crippen molar-refractivity contribution in [2.24, 2.45) is 11.5 Å². The second-order valence-electron chi connectivity index (χ2n) is 1.45. The summed E-state index contributed by atoms with van der Waals surface area (Å²) in [6.45, 7) is 0.761. The van der Waals surface area contributed by atoms with Crippen molar-refractivity contribution in [1.82, 2.24) is 0 Å². The Kier molecular flexibility index (Phi) is 5.25. The summed E-state index contributed by atoms with van der Waals surface area (Å²) >= 11 is 2.19. The van der Waals surface area contributed by atoms with Crippen molar-refractivity contribution in [1.29, 1.82) is 0 Å². The number of nitrogens with two attached hydrogens (primary N) is 2. The van der Waals surface area contributed by atoms with Gasteiger partial charge in [0.05, 0.1) is 4.05 Å². The van der Waals surface area contributed by atoms with E-state index in [2.05, 4.69) is 22.6 Å². The summed E-state index contributed by atoms with van der Waals surface area (Å²) in [4.78, 5) is 0. The van der Waals surface area contributed by atoms with Crippen molar-refractivity contribution < 1.29 is 0 Å². The fraction of sp³-hybridized carbons (Fsp3) is 1.00. The van der Waals surface area contributed by atoms with Crippen LogP contribution in [-0.4, -0.2) is 10.6 Å². The van der Waals surface area contributed by atoms with Gasteiger partial charge in [-0.05, 0) is 19.4 Å². The number of alkyl halides is 1.